The van der Waals surface area contributed by atoms with E-state index in [-0.39, 0.29) is 0 Å². The molecule has 0 aromatic heterocycles. The molecule has 1 saturated carbocycles. The van der Waals surface area contributed by atoms with Gasteiger partial charge in [-0.25, -0.2) is 0 Å². The van der Waals surface area contributed by atoms with Crippen LogP contribution in [0.4, 0.5) is 0 Å². The van der Waals surface area contributed by atoms with E-state index in [2.05, 4.69) is 31.1 Å². The third-order valence-electron chi connectivity index (χ3n) is 4.81. The lowest BCUT2D eigenvalue weighted by molar-refractivity contribution is 0.0170. The molecule has 0 bridgehead atoms. The number of rotatable bonds is 7. The van der Waals surface area contributed by atoms with Crippen LogP contribution < -0.4 is 5.32 Å². The van der Waals surface area contributed by atoms with Gasteiger partial charge in [0.15, 0.2) is 0 Å². The smallest absolute Gasteiger partial charge is 0.0707 e. The molecule has 0 spiro atoms. The Labute approximate surface area is 125 Å². The fourth-order valence-corrected chi connectivity index (χ4v) is 3.59. The van der Waals surface area contributed by atoms with Crippen LogP contribution in [0.3, 0.4) is 0 Å². The summed E-state index contributed by atoms with van der Waals surface area (Å²) in [6.45, 7) is 7.77. The van der Waals surface area contributed by atoms with Gasteiger partial charge in [0.1, 0.15) is 0 Å². The summed E-state index contributed by atoms with van der Waals surface area (Å²) in [7, 11) is 2.30. The summed E-state index contributed by atoms with van der Waals surface area (Å²) in [5, 5.41) is 3.53. The van der Waals surface area contributed by atoms with Crippen LogP contribution in [0.25, 0.3) is 0 Å². The summed E-state index contributed by atoms with van der Waals surface area (Å²) in [4.78, 5) is 2.56. The number of ether oxygens (including phenoxy) is 1. The van der Waals surface area contributed by atoms with Gasteiger partial charge in [0.2, 0.25) is 0 Å². The number of nitrogens with zero attached hydrogens (tertiary/aromatic N) is 1. The molecule has 2 unspecified atom stereocenters. The summed E-state index contributed by atoms with van der Waals surface area (Å²) >= 11 is 0. The predicted octanol–water partition coefficient (Wildman–Crippen LogP) is 3.04. The Balaban J connectivity index is 1.62. The van der Waals surface area contributed by atoms with Gasteiger partial charge in [-0.3, -0.25) is 0 Å². The first-order valence-electron chi connectivity index (χ1n) is 8.71. The van der Waals surface area contributed by atoms with Crippen molar-refractivity contribution in [2.45, 2.75) is 77.0 Å². The Kier molecular flexibility index (Phi) is 6.79. The molecule has 1 saturated heterocycles. The standard InChI is InChI=1S/C17H34N2O/c1-14(2)11-18-12-16-9-10-17(20-16)13-19(3)15-7-5-4-6-8-15/h14-18H,4-13H2,1-3H3. The van der Waals surface area contributed by atoms with Crippen molar-refractivity contribution in [3.05, 3.63) is 0 Å². The Morgan fingerprint density at radius 2 is 1.75 bits per heavy atom. The number of hydrogen-bond acceptors (Lipinski definition) is 3. The van der Waals surface area contributed by atoms with Crippen LogP contribution in [-0.4, -0.2) is 49.8 Å². The Morgan fingerprint density at radius 3 is 2.45 bits per heavy atom. The van der Waals surface area contributed by atoms with Crippen molar-refractivity contribution in [1.29, 1.82) is 0 Å². The highest BCUT2D eigenvalue weighted by Gasteiger charge is 2.28. The monoisotopic (exact) mass is 282 g/mol. The summed E-state index contributed by atoms with van der Waals surface area (Å²) in [5.41, 5.74) is 0. The molecule has 0 amide bonds. The van der Waals surface area contributed by atoms with Gasteiger partial charge in [-0.1, -0.05) is 33.1 Å². The normalized spacial score (nSPS) is 28.6. The zero-order valence-corrected chi connectivity index (χ0v) is 13.7. The van der Waals surface area contributed by atoms with E-state index in [1.807, 2.05) is 0 Å². The van der Waals surface area contributed by atoms with Crippen LogP contribution in [-0.2, 0) is 4.74 Å². The zero-order chi connectivity index (χ0) is 14.4. The van der Waals surface area contributed by atoms with Gasteiger partial charge in [-0.05, 0) is 45.2 Å². The second-order valence-corrected chi connectivity index (χ2v) is 7.24. The molecule has 0 radical (unpaired) electrons. The third kappa shape index (κ3) is 5.34. The van der Waals surface area contributed by atoms with Gasteiger partial charge in [0, 0.05) is 19.1 Å². The zero-order valence-electron chi connectivity index (χ0n) is 13.7. The van der Waals surface area contributed by atoms with E-state index in [0.717, 1.165) is 31.6 Å². The highest BCUT2D eigenvalue weighted by molar-refractivity contribution is 4.81. The van der Waals surface area contributed by atoms with E-state index < -0.39 is 0 Å². The van der Waals surface area contributed by atoms with E-state index in [0.29, 0.717) is 12.2 Å². The van der Waals surface area contributed by atoms with Crippen LogP contribution in [0, 0.1) is 5.92 Å². The lowest BCUT2D eigenvalue weighted by Gasteiger charge is -2.32. The van der Waals surface area contributed by atoms with Crippen molar-refractivity contribution in [3.8, 4) is 0 Å². The van der Waals surface area contributed by atoms with Gasteiger partial charge >= 0.3 is 0 Å². The van der Waals surface area contributed by atoms with Crippen LogP contribution >= 0.6 is 0 Å². The largest absolute Gasteiger partial charge is 0.372 e. The van der Waals surface area contributed by atoms with Crippen LogP contribution in [0.2, 0.25) is 0 Å². The second kappa shape index (κ2) is 8.35. The van der Waals surface area contributed by atoms with E-state index in [1.54, 1.807) is 0 Å². The van der Waals surface area contributed by atoms with Crippen LogP contribution in [0.5, 0.6) is 0 Å². The topological polar surface area (TPSA) is 24.5 Å². The van der Waals surface area contributed by atoms with Crippen molar-refractivity contribution in [3.63, 3.8) is 0 Å². The van der Waals surface area contributed by atoms with Crippen molar-refractivity contribution < 1.29 is 4.74 Å². The van der Waals surface area contributed by atoms with Gasteiger partial charge in [0.25, 0.3) is 0 Å². The molecule has 20 heavy (non-hydrogen) atoms. The van der Waals surface area contributed by atoms with Crippen LogP contribution in [0.1, 0.15) is 58.8 Å². The van der Waals surface area contributed by atoms with Gasteiger partial charge in [0.05, 0.1) is 12.2 Å². The molecular weight excluding hydrogens is 248 g/mol. The molecule has 1 aliphatic carbocycles. The van der Waals surface area contributed by atoms with Crippen molar-refractivity contribution >= 4 is 0 Å². The fourth-order valence-electron chi connectivity index (χ4n) is 3.59. The molecule has 0 aromatic carbocycles. The first-order valence-corrected chi connectivity index (χ1v) is 8.71. The maximum atomic E-state index is 6.20. The highest BCUT2D eigenvalue weighted by atomic mass is 16.5. The minimum atomic E-state index is 0.443. The summed E-state index contributed by atoms with van der Waals surface area (Å²) in [6.07, 6.45) is 10.4. The van der Waals surface area contributed by atoms with Gasteiger partial charge in [-0.2, -0.15) is 0 Å². The maximum absolute atomic E-state index is 6.20. The van der Waals surface area contributed by atoms with E-state index in [9.17, 15) is 0 Å². The molecule has 118 valence electrons. The summed E-state index contributed by atoms with van der Waals surface area (Å²) in [6, 6.07) is 0.811. The van der Waals surface area contributed by atoms with E-state index in [1.165, 1.54) is 44.9 Å². The lowest BCUT2D eigenvalue weighted by atomic mass is 9.94. The minimum Gasteiger partial charge on any atom is -0.372 e. The molecule has 2 fully saturated rings. The molecule has 2 atom stereocenters. The average molecular weight is 282 g/mol. The number of likely N-dealkylation sites (N-methyl/N-ethyl adjacent to an activating group) is 1. The minimum absolute atomic E-state index is 0.443. The molecule has 3 nitrogen and oxygen atoms in total. The van der Waals surface area contributed by atoms with E-state index in [4.69, 9.17) is 4.74 Å². The second-order valence-electron chi connectivity index (χ2n) is 7.24. The highest BCUT2D eigenvalue weighted by Crippen LogP contribution is 2.25. The molecule has 2 rings (SSSR count). The number of nitrogens with one attached hydrogen (secondary N) is 1. The first kappa shape index (κ1) is 16.3. The third-order valence-corrected chi connectivity index (χ3v) is 4.81. The van der Waals surface area contributed by atoms with Crippen LogP contribution in [0.15, 0.2) is 0 Å². The summed E-state index contributed by atoms with van der Waals surface area (Å²) in [5.74, 6) is 0.727. The quantitative estimate of drug-likeness (QED) is 0.777. The number of hydrogen-bond donors (Lipinski definition) is 1. The van der Waals surface area contributed by atoms with Crippen molar-refractivity contribution in [1.82, 2.24) is 10.2 Å². The fraction of sp³-hybridized carbons (Fsp3) is 1.00. The molecule has 0 aromatic rings. The maximum Gasteiger partial charge on any atom is 0.0707 e. The van der Waals surface area contributed by atoms with Crippen molar-refractivity contribution in [2.75, 3.05) is 26.7 Å². The van der Waals surface area contributed by atoms with Gasteiger partial charge < -0.3 is 15.0 Å². The SMILES string of the molecule is CC(C)CNCC1CCC(CN(C)C2CCCCC2)O1. The Hall–Kier alpha value is -0.120. The Morgan fingerprint density at radius 1 is 1.05 bits per heavy atom. The predicted molar refractivity (Wildman–Crippen MR) is 85.1 cm³/mol. The molecule has 1 N–H and O–H groups in total. The molecule has 2 aliphatic rings. The molecule has 3 heteroatoms. The summed E-state index contributed by atoms with van der Waals surface area (Å²) < 4.78 is 6.20. The van der Waals surface area contributed by atoms with E-state index >= 15 is 0 Å². The molecular formula is C17H34N2O. The van der Waals surface area contributed by atoms with Gasteiger partial charge in [-0.15, -0.1) is 0 Å². The lowest BCUT2D eigenvalue weighted by Crippen LogP contribution is -2.39. The first-order chi connectivity index (χ1) is 9.65. The Bertz CT molecular complexity index is 264. The van der Waals surface area contributed by atoms with Crippen molar-refractivity contribution in [2.24, 2.45) is 5.92 Å². The molecule has 1 heterocycles. The average Bonchev–Trinajstić information content (AvgIpc) is 2.87. The molecule has 1 aliphatic heterocycles.